The molecule has 37 heavy (non-hydrogen) atoms. The standard InChI is InChI=1S/C29H21N5OS2/c1-18-7-6-11-26-27(18)31-29(37-26)32-28(35)22-9-2-3-10-25(22)36-20-13-14-21-23(33-34-24(21)17-20)15-12-19-8-4-5-16-30-19/h2-17H,1H3,(H,33,34)(H,31,32,35)/b15-12+. The van der Waals surface area contributed by atoms with Gasteiger partial charge in [0.25, 0.3) is 5.91 Å². The Morgan fingerprint density at radius 1 is 1.00 bits per heavy atom. The van der Waals surface area contributed by atoms with Gasteiger partial charge in [-0.3, -0.25) is 20.2 Å². The van der Waals surface area contributed by atoms with Gasteiger partial charge in [-0.25, -0.2) is 4.98 Å². The van der Waals surface area contributed by atoms with E-state index < -0.39 is 0 Å². The number of H-pyrrole nitrogens is 1. The maximum absolute atomic E-state index is 13.2. The molecule has 0 saturated carbocycles. The molecule has 6 rings (SSSR count). The summed E-state index contributed by atoms with van der Waals surface area (Å²) in [6.07, 6.45) is 5.67. The molecule has 3 aromatic carbocycles. The number of carbonyl (C=O) groups excluding carboxylic acids is 1. The number of nitrogens with zero attached hydrogens (tertiary/aromatic N) is 3. The minimum Gasteiger partial charge on any atom is -0.298 e. The predicted molar refractivity (Wildman–Crippen MR) is 152 cm³/mol. The lowest BCUT2D eigenvalue weighted by atomic mass is 10.2. The summed E-state index contributed by atoms with van der Waals surface area (Å²) in [5.74, 6) is -0.177. The van der Waals surface area contributed by atoms with Crippen molar-refractivity contribution in [1.29, 1.82) is 0 Å². The number of aromatic amines is 1. The van der Waals surface area contributed by atoms with E-state index in [1.807, 2.05) is 91.9 Å². The first-order valence-electron chi connectivity index (χ1n) is 11.7. The number of fused-ring (bicyclic) bond motifs is 2. The third-order valence-corrected chi connectivity index (χ3v) is 7.87. The van der Waals surface area contributed by atoms with Crippen molar-refractivity contribution in [3.05, 3.63) is 108 Å². The molecule has 0 aliphatic carbocycles. The Morgan fingerprint density at radius 3 is 2.76 bits per heavy atom. The van der Waals surface area contributed by atoms with Gasteiger partial charge in [0.05, 0.1) is 32.7 Å². The molecule has 8 heteroatoms. The van der Waals surface area contributed by atoms with Crippen LogP contribution in [-0.4, -0.2) is 26.1 Å². The van der Waals surface area contributed by atoms with E-state index in [0.29, 0.717) is 10.7 Å². The summed E-state index contributed by atoms with van der Waals surface area (Å²) in [4.78, 5) is 24.0. The quantitative estimate of drug-likeness (QED) is 0.239. The predicted octanol–water partition coefficient (Wildman–Crippen LogP) is 7.45. The third kappa shape index (κ3) is 4.89. The Bertz CT molecular complexity index is 1770. The second-order valence-electron chi connectivity index (χ2n) is 8.40. The smallest absolute Gasteiger partial charge is 0.258 e. The van der Waals surface area contributed by atoms with Crippen LogP contribution in [0.4, 0.5) is 5.13 Å². The molecular weight excluding hydrogens is 498 g/mol. The molecule has 180 valence electrons. The van der Waals surface area contributed by atoms with Crippen molar-refractivity contribution in [3.63, 3.8) is 0 Å². The van der Waals surface area contributed by atoms with E-state index in [0.717, 1.165) is 47.9 Å². The van der Waals surface area contributed by atoms with E-state index in [4.69, 9.17) is 0 Å². The number of hydrogen-bond donors (Lipinski definition) is 2. The first-order chi connectivity index (χ1) is 18.1. The summed E-state index contributed by atoms with van der Waals surface area (Å²) < 4.78 is 1.06. The van der Waals surface area contributed by atoms with Gasteiger partial charge in [-0.15, -0.1) is 0 Å². The summed E-state index contributed by atoms with van der Waals surface area (Å²) in [7, 11) is 0. The van der Waals surface area contributed by atoms with Crippen LogP contribution in [0.5, 0.6) is 0 Å². The molecule has 2 N–H and O–H groups in total. The van der Waals surface area contributed by atoms with E-state index in [1.165, 1.54) is 11.3 Å². The summed E-state index contributed by atoms with van der Waals surface area (Å²) in [5.41, 5.74) is 5.27. The van der Waals surface area contributed by atoms with Gasteiger partial charge in [-0.05, 0) is 73.2 Å². The van der Waals surface area contributed by atoms with Crippen LogP contribution >= 0.6 is 23.1 Å². The third-order valence-electron chi connectivity index (χ3n) is 5.86. The van der Waals surface area contributed by atoms with Crippen LogP contribution in [0.1, 0.15) is 27.3 Å². The number of rotatable bonds is 6. The molecule has 0 unspecified atom stereocenters. The van der Waals surface area contributed by atoms with Crippen LogP contribution < -0.4 is 5.32 Å². The maximum atomic E-state index is 13.2. The van der Waals surface area contributed by atoms with Gasteiger partial charge in [0.2, 0.25) is 0 Å². The molecule has 0 saturated heterocycles. The van der Waals surface area contributed by atoms with Gasteiger partial charge in [-0.1, -0.05) is 53.4 Å². The Labute approximate surface area is 221 Å². The zero-order chi connectivity index (χ0) is 25.2. The molecule has 0 bridgehead atoms. The molecule has 0 aliphatic rings. The Morgan fingerprint density at radius 2 is 1.89 bits per heavy atom. The Hall–Kier alpha value is -4.27. The zero-order valence-electron chi connectivity index (χ0n) is 19.8. The molecule has 6 nitrogen and oxygen atoms in total. The van der Waals surface area contributed by atoms with Crippen molar-refractivity contribution < 1.29 is 4.79 Å². The number of hydrogen-bond acceptors (Lipinski definition) is 6. The minimum absolute atomic E-state index is 0.177. The summed E-state index contributed by atoms with van der Waals surface area (Å²) >= 11 is 3.02. The monoisotopic (exact) mass is 519 g/mol. The first-order valence-corrected chi connectivity index (χ1v) is 13.3. The van der Waals surface area contributed by atoms with Crippen LogP contribution in [0.25, 0.3) is 33.3 Å². The zero-order valence-corrected chi connectivity index (χ0v) is 21.4. The second kappa shape index (κ2) is 10.0. The molecular formula is C29H21N5OS2. The number of carbonyl (C=O) groups is 1. The molecule has 3 heterocycles. The Balaban J connectivity index is 1.23. The molecule has 0 aliphatic heterocycles. The minimum atomic E-state index is -0.177. The molecule has 0 atom stereocenters. The highest BCUT2D eigenvalue weighted by Gasteiger charge is 2.15. The SMILES string of the molecule is Cc1cccc2sc(NC(=O)c3ccccc3Sc3ccc4c(/C=C/c5ccccn5)n[nH]c4c3)nc12. The number of amides is 1. The first kappa shape index (κ1) is 23.1. The molecule has 0 spiro atoms. The maximum Gasteiger partial charge on any atom is 0.258 e. The number of anilines is 1. The Kier molecular flexibility index (Phi) is 6.26. The lowest BCUT2D eigenvalue weighted by molar-refractivity contribution is 0.102. The highest BCUT2D eigenvalue weighted by Crippen LogP contribution is 2.34. The van der Waals surface area contributed by atoms with E-state index in [-0.39, 0.29) is 5.91 Å². The molecule has 1 amide bonds. The second-order valence-corrected chi connectivity index (χ2v) is 10.5. The average molecular weight is 520 g/mol. The van der Waals surface area contributed by atoms with Crippen molar-refractivity contribution in [2.45, 2.75) is 16.7 Å². The van der Waals surface area contributed by atoms with Crippen LogP contribution in [0.15, 0.2) is 94.9 Å². The van der Waals surface area contributed by atoms with Crippen molar-refractivity contribution in [2.24, 2.45) is 0 Å². The number of nitrogens with one attached hydrogen (secondary N) is 2. The van der Waals surface area contributed by atoms with Crippen molar-refractivity contribution >= 4 is 67.4 Å². The van der Waals surface area contributed by atoms with E-state index in [2.05, 4.69) is 31.5 Å². The molecule has 3 aromatic heterocycles. The van der Waals surface area contributed by atoms with E-state index in [9.17, 15) is 4.79 Å². The number of aromatic nitrogens is 4. The lowest BCUT2D eigenvalue weighted by Gasteiger charge is -2.09. The normalized spacial score (nSPS) is 11.5. The van der Waals surface area contributed by atoms with Crippen LogP contribution in [-0.2, 0) is 0 Å². The molecule has 0 radical (unpaired) electrons. The fourth-order valence-electron chi connectivity index (χ4n) is 4.02. The lowest BCUT2D eigenvalue weighted by Crippen LogP contribution is -2.12. The highest BCUT2D eigenvalue weighted by atomic mass is 32.2. The van der Waals surface area contributed by atoms with Crippen molar-refractivity contribution in [1.82, 2.24) is 20.2 Å². The summed E-state index contributed by atoms with van der Waals surface area (Å²) in [6.45, 7) is 2.02. The van der Waals surface area contributed by atoms with Gasteiger partial charge in [-0.2, -0.15) is 5.10 Å². The number of pyridine rings is 1. The summed E-state index contributed by atoms with van der Waals surface area (Å²) in [5, 5.41) is 12.2. The van der Waals surface area contributed by atoms with Gasteiger partial charge in [0, 0.05) is 21.4 Å². The van der Waals surface area contributed by atoms with Gasteiger partial charge in [0.1, 0.15) is 0 Å². The summed E-state index contributed by atoms with van der Waals surface area (Å²) in [6, 6.07) is 25.6. The topological polar surface area (TPSA) is 83.6 Å². The largest absolute Gasteiger partial charge is 0.298 e. The fraction of sp³-hybridized carbons (Fsp3) is 0.0345. The molecule has 6 aromatic rings. The van der Waals surface area contributed by atoms with Crippen LogP contribution in [0, 0.1) is 6.92 Å². The van der Waals surface area contributed by atoms with Crippen molar-refractivity contribution in [3.8, 4) is 0 Å². The number of thiazole rings is 1. The van der Waals surface area contributed by atoms with Crippen molar-refractivity contribution in [2.75, 3.05) is 5.32 Å². The number of para-hydroxylation sites is 1. The average Bonchev–Trinajstić information content (AvgIpc) is 3.52. The van der Waals surface area contributed by atoms with E-state index >= 15 is 0 Å². The van der Waals surface area contributed by atoms with Crippen LogP contribution in [0.3, 0.4) is 0 Å². The van der Waals surface area contributed by atoms with Gasteiger partial charge in [0.15, 0.2) is 5.13 Å². The number of benzene rings is 3. The van der Waals surface area contributed by atoms with E-state index in [1.54, 1.807) is 18.0 Å². The fourth-order valence-corrected chi connectivity index (χ4v) is 5.95. The molecule has 0 fully saturated rings. The van der Waals surface area contributed by atoms with Crippen LogP contribution in [0.2, 0.25) is 0 Å². The van der Waals surface area contributed by atoms with Gasteiger partial charge >= 0.3 is 0 Å². The highest BCUT2D eigenvalue weighted by molar-refractivity contribution is 7.99. The van der Waals surface area contributed by atoms with Gasteiger partial charge < -0.3 is 0 Å². The number of aryl methyl sites for hydroxylation is 1.